The molecule has 2 aliphatic rings. The first-order valence-corrected chi connectivity index (χ1v) is 10.8. The Balaban J connectivity index is 1.40. The molecular weight excluding hydrogens is 428 g/mol. The number of nitrogens with one attached hydrogen (secondary N) is 2. The monoisotopic (exact) mass is 454 g/mol. The molecule has 2 aromatic rings. The second kappa shape index (κ2) is 10.0. The minimum atomic E-state index is -1.35. The van der Waals surface area contributed by atoms with Gasteiger partial charge in [-0.15, -0.1) is 0 Å². The molecule has 33 heavy (non-hydrogen) atoms. The number of hydrogen-bond donors (Lipinski definition) is 4. The molecule has 0 spiro atoms. The van der Waals surface area contributed by atoms with Gasteiger partial charge >= 0.3 is 12.1 Å². The van der Waals surface area contributed by atoms with Crippen LogP contribution < -0.4 is 10.6 Å². The number of aliphatic carboxylic acids is 1. The van der Waals surface area contributed by atoms with E-state index in [1.54, 1.807) is 0 Å². The summed E-state index contributed by atoms with van der Waals surface area (Å²) in [5, 5.41) is 24.1. The Labute approximate surface area is 190 Å². The van der Waals surface area contributed by atoms with Gasteiger partial charge in [0.25, 0.3) is 0 Å². The minimum absolute atomic E-state index is 0.0381. The van der Waals surface area contributed by atoms with E-state index in [0.29, 0.717) is 13.0 Å². The Bertz CT molecular complexity index is 995. The molecule has 1 heterocycles. The molecule has 1 aliphatic carbocycles. The van der Waals surface area contributed by atoms with Gasteiger partial charge in [-0.05, 0) is 28.7 Å². The van der Waals surface area contributed by atoms with E-state index in [0.717, 1.165) is 22.3 Å². The molecule has 174 valence electrons. The lowest BCUT2D eigenvalue weighted by atomic mass is 9.98. The molecule has 4 rings (SSSR count). The van der Waals surface area contributed by atoms with E-state index >= 15 is 0 Å². The molecule has 4 N–H and O–H groups in total. The number of rotatable bonds is 7. The van der Waals surface area contributed by atoms with Crippen LogP contribution >= 0.6 is 0 Å². The predicted molar refractivity (Wildman–Crippen MR) is 118 cm³/mol. The summed E-state index contributed by atoms with van der Waals surface area (Å²) >= 11 is 0. The van der Waals surface area contributed by atoms with Crippen LogP contribution in [-0.4, -0.2) is 66.2 Å². The largest absolute Gasteiger partial charge is 0.481 e. The smallest absolute Gasteiger partial charge is 0.407 e. The van der Waals surface area contributed by atoms with Crippen LogP contribution in [0.2, 0.25) is 0 Å². The van der Waals surface area contributed by atoms with Gasteiger partial charge in [0.1, 0.15) is 12.6 Å². The Kier molecular flexibility index (Phi) is 6.90. The Morgan fingerprint density at radius 3 is 2.30 bits per heavy atom. The summed E-state index contributed by atoms with van der Waals surface area (Å²) < 4.78 is 10.7. The zero-order valence-electron chi connectivity index (χ0n) is 17.9. The highest BCUT2D eigenvalue weighted by Gasteiger charge is 2.32. The van der Waals surface area contributed by atoms with Crippen molar-refractivity contribution in [3.8, 4) is 11.1 Å². The third-order valence-corrected chi connectivity index (χ3v) is 5.98. The van der Waals surface area contributed by atoms with E-state index in [2.05, 4.69) is 10.6 Å². The Hall–Kier alpha value is -3.43. The van der Waals surface area contributed by atoms with E-state index < -0.39 is 42.6 Å². The van der Waals surface area contributed by atoms with Crippen molar-refractivity contribution >= 4 is 18.0 Å². The summed E-state index contributed by atoms with van der Waals surface area (Å²) in [4.78, 5) is 36.3. The molecule has 0 saturated carbocycles. The lowest BCUT2D eigenvalue weighted by molar-refractivity contribution is -0.140. The Morgan fingerprint density at radius 2 is 1.70 bits per heavy atom. The van der Waals surface area contributed by atoms with Gasteiger partial charge in [-0.2, -0.15) is 0 Å². The highest BCUT2D eigenvalue weighted by atomic mass is 16.5. The van der Waals surface area contributed by atoms with E-state index in [4.69, 9.17) is 9.47 Å². The number of aliphatic hydroxyl groups excluding tert-OH is 1. The van der Waals surface area contributed by atoms with Gasteiger partial charge in [0.15, 0.2) is 0 Å². The SMILES string of the molecule is O=C(O)CC(NC(=O)OCC1c2ccccc2-c2ccccc21)C(=O)N[C@@H]1COCC[C@H]1O. The van der Waals surface area contributed by atoms with Crippen molar-refractivity contribution in [1.29, 1.82) is 0 Å². The van der Waals surface area contributed by atoms with Crippen LogP contribution in [-0.2, 0) is 19.1 Å². The average molecular weight is 454 g/mol. The van der Waals surface area contributed by atoms with Crippen molar-refractivity contribution in [2.75, 3.05) is 19.8 Å². The van der Waals surface area contributed by atoms with Crippen LogP contribution in [0.15, 0.2) is 48.5 Å². The summed E-state index contributed by atoms with van der Waals surface area (Å²) in [7, 11) is 0. The maximum atomic E-state index is 12.6. The molecule has 2 amide bonds. The molecule has 3 atom stereocenters. The van der Waals surface area contributed by atoms with Gasteiger partial charge in [-0.1, -0.05) is 48.5 Å². The normalized spacial score (nSPS) is 20.3. The van der Waals surface area contributed by atoms with Crippen molar-refractivity contribution in [2.24, 2.45) is 0 Å². The highest BCUT2D eigenvalue weighted by molar-refractivity contribution is 5.89. The molecule has 1 unspecified atom stereocenters. The number of carboxylic acids is 1. The van der Waals surface area contributed by atoms with Crippen LogP contribution in [0, 0.1) is 0 Å². The molecule has 1 saturated heterocycles. The lowest BCUT2D eigenvalue weighted by Gasteiger charge is -2.29. The number of amides is 2. The maximum Gasteiger partial charge on any atom is 0.407 e. The Morgan fingerprint density at radius 1 is 1.06 bits per heavy atom. The number of carbonyl (C=O) groups is 3. The quantitative estimate of drug-likeness (QED) is 0.500. The van der Waals surface area contributed by atoms with Crippen molar-refractivity contribution in [1.82, 2.24) is 10.6 Å². The number of benzene rings is 2. The number of aliphatic hydroxyl groups is 1. The van der Waals surface area contributed by atoms with Crippen LogP contribution in [0.3, 0.4) is 0 Å². The molecule has 9 nitrogen and oxygen atoms in total. The molecule has 1 fully saturated rings. The summed E-state index contributed by atoms with van der Waals surface area (Å²) in [5.74, 6) is -2.14. The summed E-state index contributed by atoms with van der Waals surface area (Å²) in [6.07, 6.45) is -1.96. The molecule has 2 aromatic carbocycles. The van der Waals surface area contributed by atoms with Crippen LogP contribution in [0.4, 0.5) is 4.79 Å². The van der Waals surface area contributed by atoms with E-state index in [1.165, 1.54) is 0 Å². The molecule has 9 heteroatoms. The van der Waals surface area contributed by atoms with Gasteiger partial charge in [-0.25, -0.2) is 4.79 Å². The number of carboxylic acid groups (broad SMARTS) is 1. The van der Waals surface area contributed by atoms with Crippen molar-refractivity contribution < 1.29 is 34.1 Å². The first-order valence-electron chi connectivity index (χ1n) is 10.8. The van der Waals surface area contributed by atoms with Crippen LogP contribution in [0.1, 0.15) is 29.9 Å². The fourth-order valence-electron chi connectivity index (χ4n) is 4.31. The second-order valence-electron chi connectivity index (χ2n) is 8.17. The third-order valence-electron chi connectivity index (χ3n) is 5.98. The third kappa shape index (κ3) is 5.15. The van der Waals surface area contributed by atoms with Gasteiger partial charge in [0.05, 0.1) is 25.2 Å². The fourth-order valence-corrected chi connectivity index (χ4v) is 4.31. The van der Waals surface area contributed by atoms with Gasteiger partial charge in [0.2, 0.25) is 5.91 Å². The average Bonchev–Trinajstić information content (AvgIpc) is 3.12. The standard InChI is InChI=1S/C24H26N2O7/c27-21-9-10-32-13-20(21)25-23(30)19(11-22(28)29)26-24(31)33-12-18-16-7-3-1-5-14(16)15-6-2-4-8-17(15)18/h1-8,18-21,27H,9-13H2,(H,25,30)(H,26,31)(H,28,29)/t19?,20-,21-/m1/s1. The van der Waals surface area contributed by atoms with Crippen molar-refractivity contribution in [2.45, 2.75) is 36.9 Å². The number of alkyl carbamates (subject to hydrolysis) is 1. The summed E-state index contributed by atoms with van der Waals surface area (Å²) in [6, 6.07) is 13.7. The van der Waals surface area contributed by atoms with Gasteiger partial charge in [0, 0.05) is 12.5 Å². The number of hydrogen-bond acceptors (Lipinski definition) is 6. The van der Waals surface area contributed by atoms with E-state index in [9.17, 15) is 24.6 Å². The van der Waals surface area contributed by atoms with E-state index in [-0.39, 0.29) is 19.1 Å². The molecule has 0 bridgehead atoms. The van der Waals surface area contributed by atoms with Crippen molar-refractivity contribution in [3.63, 3.8) is 0 Å². The first kappa shape index (κ1) is 22.8. The highest BCUT2D eigenvalue weighted by Crippen LogP contribution is 2.44. The number of ether oxygens (including phenoxy) is 2. The molecule has 1 aliphatic heterocycles. The molecule has 0 radical (unpaired) electrons. The summed E-state index contributed by atoms with van der Waals surface area (Å²) in [5.41, 5.74) is 4.24. The molecule has 0 aromatic heterocycles. The maximum absolute atomic E-state index is 12.6. The zero-order valence-corrected chi connectivity index (χ0v) is 17.9. The van der Waals surface area contributed by atoms with E-state index in [1.807, 2.05) is 48.5 Å². The minimum Gasteiger partial charge on any atom is -0.481 e. The first-order chi connectivity index (χ1) is 15.9. The fraction of sp³-hybridized carbons (Fsp3) is 0.375. The van der Waals surface area contributed by atoms with Crippen molar-refractivity contribution in [3.05, 3.63) is 59.7 Å². The predicted octanol–water partition coefficient (Wildman–Crippen LogP) is 1.63. The number of fused-ring (bicyclic) bond motifs is 3. The number of carbonyl (C=O) groups excluding carboxylic acids is 2. The lowest BCUT2D eigenvalue weighted by Crippen LogP contribution is -2.56. The van der Waals surface area contributed by atoms with Gasteiger partial charge in [-0.3, -0.25) is 9.59 Å². The zero-order chi connectivity index (χ0) is 23.4. The molecular formula is C24H26N2O7. The topological polar surface area (TPSA) is 134 Å². The second-order valence-corrected chi connectivity index (χ2v) is 8.17. The van der Waals surface area contributed by atoms with Gasteiger partial charge < -0.3 is 30.3 Å². The summed E-state index contributed by atoms with van der Waals surface area (Å²) in [6.45, 7) is 0.526. The van der Waals surface area contributed by atoms with Crippen LogP contribution in [0.5, 0.6) is 0 Å². The van der Waals surface area contributed by atoms with Crippen LogP contribution in [0.25, 0.3) is 11.1 Å².